The summed E-state index contributed by atoms with van der Waals surface area (Å²) in [5.74, 6) is 1.12. The highest BCUT2D eigenvalue weighted by molar-refractivity contribution is 7.99. The number of ether oxygens (including phenoxy) is 1. The molecule has 0 aliphatic carbocycles. The molecule has 8 heteroatoms. The van der Waals surface area contributed by atoms with E-state index in [0.717, 1.165) is 30.7 Å². The van der Waals surface area contributed by atoms with Crippen molar-refractivity contribution in [1.82, 2.24) is 4.90 Å². The summed E-state index contributed by atoms with van der Waals surface area (Å²) in [6.07, 6.45) is 0. The van der Waals surface area contributed by atoms with E-state index >= 15 is 0 Å². The van der Waals surface area contributed by atoms with Crippen LogP contribution in [0.4, 0.5) is 13.2 Å². The van der Waals surface area contributed by atoms with E-state index in [9.17, 15) is 13.2 Å². The Morgan fingerprint density at radius 3 is 2.71 bits per heavy atom. The minimum atomic E-state index is -3.05. The van der Waals surface area contributed by atoms with Crippen molar-refractivity contribution >= 4 is 17.7 Å². The fourth-order valence-corrected chi connectivity index (χ4v) is 2.80. The van der Waals surface area contributed by atoms with Gasteiger partial charge in [0.05, 0.1) is 6.54 Å². The third-order valence-electron chi connectivity index (χ3n) is 2.97. The van der Waals surface area contributed by atoms with Gasteiger partial charge in [-0.3, -0.25) is 0 Å². The number of hydrogen-bond donors (Lipinski definition) is 1. The molecule has 0 radical (unpaired) electrons. The molecule has 1 aliphatic rings. The largest absolute Gasteiger partial charge is 0.432 e. The summed E-state index contributed by atoms with van der Waals surface area (Å²) >= 11 is 1.86. The summed E-state index contributed by atoms with van der Waals surface area (Å²) in [6.45, 7) is -1.16. The van der Waals surface area contributed by atoms with Gasteiger partial charge in [-0.05, 0) is 17.7 Å². The summed E-state index contributed by atoms with van der Waals surface area (Å²) in [5, 5.41) is 0. The lowest BCUT2D eigenvalue weighted by atomic mass is 10.2. The molecule has 2 rings (SSSR count). The molecule has 1 aromatic carbocycles. The molecular weight excluding hydrogens is 303 g/mol. The average Bonchev–Trinajstić information content (AvgIpc) is 2.48. The van der Waals surface area contributed by atoms with Crippen LogP contribution in [-0.4, -0.2) is 42.1 Å². The number of aliphatic imine (C=N–C) groups is 1. The van der Waals surface area contributed by atoms with Crippen LogP contribution < -0.4 is 10.5 Å². The molecular formula is C13H16F3N3OS. The topological polar surface area (TPSA) is 50.9 Å². The van der Waals surface area contributed by atoms with E-state index in [1.165, 1.54) is 12.1 Å². The highest BCUT2D eigenvalue weighted by atomic mass is 32.2. The normalized spacial score (nSPS) is 16.4. The highest BCUT2D eigenvalue weighted by Crippen LogP contribution is 2.20. The van der Waals surface area contributed by atoms with Crippen molar-refractivity contribution in [2.45, 2.75) is 13.2 Å². The summed E-state index contributed by atoms with van der Waals surface area (Å²) in [4.78, 5) is 6.18. The van der Waals surface area contributed by atoms with Crippen molar-refractivity contribution in [3.05, 3.63) is 29.6 Å². The van der Waals surface area contributed by atoms with Crippen molar-refractivity contribution < 1.29 is 17.9 Å². The van der Waals surface area contributed by atoms with Crippen molar-refractivity contribution in [3.63, 3.8) is 0 Å². The number of guanidine groups is 1. The first-order chi connectivity index (χ1) is 10.1. The van der Waals surface area contributed by atoms with E-state index in [1.807, 2.05) is 16.7 Å². The van der Waals surface area contributed by atoms with Crippen LogP contribution in [0.3, 0.4) is 0 Å². The first kappa shape index (κ1) is 15.8. The molecule has 0 spiro atoms. The number of benzene rings is 1. The Hall–Kier alpha value is -1.57. The zero-order chi connectivity index (χ0) is 15.2. The Bertz CT molecular complexity index is 507. The van der Waals surface area contributed by atoms with Crippen molar-refractivity contribution in [1.29, 1.82) is 0 Å². The Labute approximate surface area is 125 Å². The minimum absolute atomic E-state index is 0.196. The van der Waals surface area contributed by atoms with Crippen LogP contribution in [0.5, 0.6) is 5.75 Å². The fourth-order valence-electron chi connectivity index (χ4n) is 1.90. The van der Waals surface area contributed by atoms with Crippen molar-refractivity contribution in [3.8, 4) is 5.75 Å². The zero-order valence-corrected chi connectivity index (χ0v) is 12.1. The lowest BCUT2D eigenvalue weighted by molar-refractivity contribution is -0.0522. The number of thioether (sulfide) groups is 1. The number of nitrogens with zero attached hydrogens (tertiary/aromatic N) is 2. The van der Waals surface area contributed by atoms with Crippen LogP contribution in [0.1, 0.15) is 5.56 Å². The van der Waals surface area contributed by atoms with Crippen molar-refractivity contribution in [2.75, 3.05) is 24.6 Å². The van der Waals surface area contributed by atoms with Gasteiger partial charge in [0.2, 0.25) is 0 Å². The number of alkyl halides is 2. The lowest BCUT2D eigenvalue weighted by Gasteiger charge is -2.27. The maximum absolute atomic E-state index is 13.5. The number of nitrogens with two attached hydrogens (primary N) is 1. The Kier molecular flexibility index (Phi) is 5.60. The molecule has 0 atom stereocenters. The first-order valence-electron chi connectivity index (χ1n) is 6.42. The standard InChI is InChI=1S/C13H16F3N3OS/c14-10-7-9(1-2-11(10)20-12(15)16)8-18-13(17)19-3-5-21-6-4-19/h1-2,7,12H,3-6,8H2,(H2,17,18). The molecule has 0 amide bonds. The molecule has 116 valence electrons. The molecule has 0 unspecified atom stereocenters. The van der Waals surface area contributed by atoms with Gasteiger partial charge in [-0.1, -0.05) is 6.07 Å². The van der Waals surface area contributed by atoms with Gasteiger partial charge in [0.1, 0.15) is 0 Å². The van der Waals surface area contributed by atoms with E-state index in [1.54, 1.807) is 0 Å². The second kappa shape index (κ2) is 7.44. The summed E-state index contributed by atoms with van der Waals surface area (Å²) in [7, 11) is 0. The third-order valence-corrected chi connectivity index (χ3v) is 3.91. The maximum atomic E-state index is 13.5. The Morgan fingerprint density at radius 2 is 2.10 bits per heavy atom. The SMILES string of the molecule is NC(=NCc1ccc(OC(F)F)c(F)c1)N1CCSCC1. The molecule has 1 heterocycles. The molecule has 21 heavy (non-hydrogen) atoms. The molecule has 0 aromatic heterocycles. The van der Waals surface area contributed by atoms with Crippen LogP contribution >= 0.6 is 11.8 Å². The quantitative estimate of drug-likeness (QED) is 0.683. The van der Waals surface area contributed by atoms with Gasteiger partial charge in [0, 0.05) is 24.6 Å². The highest BCUT2D eigenvalue weighted by Gasteiger charge is 2.13. The van der Waals surface area contributed by atoms with Crippen LogP contribution in [0.15, 0.2) is 23.2 Å². The third kappa shape index (κ3) is 4.73. The molecule has 4 nitrogen and oxygen atoms in total. The summed E-state index contributed by atoms with van der Waals surface area (Å²) in [6, 6.07) is 3.78. The summed E-state index contributed by atoms with van der Waals surface area (Å²) in [5.41, 5.74) is 6.42. The van der Waals surface area contributed by atoms with Gasteiger partial charge in [-0.25, -0.2) is 9.38 Å². The van der Waals surface area contributed by atoms with E-state index in [2.05, 4.69) is 9.73 Å². The Balaban J connectivity index is 1.97. The minimum Gasteiger partial charge on any atom is -0.432 e. The van der Waals surface area contributed by atoms with Crippen LogP contribution in [0, 0.1) is 5.82 Å². The van der Waals surface area contributed by atoms with Gasteiger partial charge in [-0.2, -0.15) is 20.5 Å². The second-order valence-electron chi connectivity index (χ2n) is 4.42. The molecule has 1 fully saturated rings. The molecule has 0 saturated carbocycles. The number of hydrogen-bond acceptors (Lipinski definition) is 3. The van der Waals surface area contributed by atoms with E-state index in [4.69, 9.17) is 5.73 Å². The van der Waals surface area contributed by atoms with Crippen LogP contribution in [0.25, 0.3) is 0 Å². The van der Waals surface area contributed by atoms with Crippen LogP contribution in [0.2, 0.25) is 0 Å². The molecule has 1 aliphatic heterocycles. The van der Waals surface area contributed by atoms with Gasteiger partial charge < -0.3 is 15.4 Å². The molecule has 1 aromatic rings. The predicted molar refractivity (Wildman–Crippen MR) is 77.3 cm³/mol. The smallest absolute Gasteiger partial charge is 0.387 e. The average molecular weight is 319 g/mol. The zero-order valence-electron chi connectivity index (χ0n) is 11.3. The second-order valence-corrected chi connectivity index (χ2v) is 5.64. The number of rotatable bonds is 4. The first-order valence-corrected chi connectivity index (χ1v) is 7.57. The monoisotopic (exact) mass is 319 g/mol. The lowest BCUT2D eigenvalue weighted by Crippen LogP contribution is -2.42. The predicted octanol–water partition coefficient (Wildman–Crippen LogP) is 2.29. The molecule has 1 saturated heterocycles. The molecule has 0 bridgehead atoms. The van der Waals surface area contributed by atoms with E-state index in [-0.39, 0.29) is 6.54 Å². The van der Waals surface area contributed by atoms with Gasteiger partial charge in [-0.15, -0.1) is 0 Å². The summed E-state index contributed by atoms with van der Waals surface area (Å²) < 4.78 is 41.6. The van der Waals surface area contributed by atoms with E-state index < -0.39 is 18.2 Å². The van der Waals surface area contributed by atoms with Gasteiger partial charge in [0.15, 0.2) is 17.5 Å². The van der Waals surface area contributed by atoms with Crippen molar-refractivity contribution in [2.24, 2.45) is 10.7 Å². The van der Waals surface area contributed by atoms with Crippen LogP contribution in [-0.2, 0) is 6.54 Å². The van der Waals surface area contributed by atoms with Gasteiger partial charge in [0.25, 0.3) is 0 Å². The molecule has 2 N–H and O–H groups in total. The van der Waals surface area contributed by atoms with Gasteiger partial charge >= 0.3 is 6.61 Å². The fraction of sp³-hybridized carbons (Fsp3) is 0.462. The Morgan fingerprint density at radius 1 is 1.38 bits per heavy atom. The number of halogens is 3. The van der Waals surface area contributed by atoms with E-state index in [0.29, 0.717) is 11.5 Å². The maximum Gasteiger partial charge on any atom is 0.387 e.